The van der Waals surface area contributed by atoms with Crippen LogP contribution in [0.1, 0.15) is 21.7 Å². The largest absolute Gasteiger partial charge is 0.334 e. The maximum atomic E-state index is 13.2. The highest BCUT2D eigenvalue weighted by atomic mass is 16.2. The second-order valence-electron chi connectivity index (χ2n) is 7.43. The fraction of sp³-hybridized carbons (Fsp3) is 0.300. The van der Waals surface area contributed by atoms with Gasteiger partial charge < -0.3 is 9.80 Å². The second kappa shape index (κ2) is 6.77. The zero-order valence-electron chi connectivity index (χ0n) is 16.2. The summed E-state index contributed by atoms with van der Waals surface area (Å²) < 4.78 is 1.59. The van der Waals surface area contributed by atoms with Gasteiger partial charge in [-0.15, -0.1) is 5.10 Å². The van der Waals surface area contributed by atoms with Crippen molar-refractivity contribution in [2.75, 3.05) is 24.5 Å². The first-order valence-corrected chi connectivity index (χ1v) is 9.48. The summed E-state index contributed by atoms with van der Waals surface area (Å²) in [5.41, 5.74) is 4.34. The van der Waals surface area contributed by atoms with Crippen LogP contribution in [0.5, 0.6) is 0 Å². The van der Waals surface area contributed by atoms with Crippen LogP contribution in [0.15, 0.2) is 48.7 Å². The van der Waals surface area contributed by atoms with Crippen LogP contribution in [0.25, 0.3) is 5.69 Å². The normalized spacial score (nSPS) is 18.1. The number of amides is 1. The maximum Gasteiger partial charge on any atom is 0.257 e. The quantitative estimate of drug-likeness (QED) is 0.672. The summed E-state index contributed by atoms with van der Waals surface area (Å²) in [5.74, 6) is 0.964. The molecule has 1 unspecified atom stereocenters. The van der Waals surface area contributed by atoms with Gasteiger partial charge in [-0.1, -0.05) is 5.21 Å². The lowest BCUT2D eigenvalue weighted by atomic mass is 10.1. The van der Waals surface area contributed by atoms with E-state index in [4.69, 9.17) is 0 Å². The first-order valence-electron chi connectivity index (χ1n) is 9.48. The number of nitrogens with zero attached hydrogens (tertiary/aromatic N) is 8. The van der Waals surface area contributed by atoms with E-state index in [1.54, 1.807) is 35.5 Å². The number of anilines is 1. The van der Waals surface area contributed by atoms with E-state index in [1.807, 2.05) is 24.8 Å². The molecule has 29 heavy (non-hydrogen) atoms. The van der Waals surface area contributed by atoms with Gasteiger partial charge >= 0.3 is 0 Å². The molecule has 0 N–H and O–H groups in total. The second-order valence-corrected chi connectivity index (χ2v) is 7.43. The smallest absolute Gasteiger partial charge is 0.257 e. The molecule has 2 aliphatic rings. The van der Waals surface area contributed by atoms with Crippen LogP contribution in [0.4, 0.5) is 5.95 Å². The fourth-order valence-corrected chi connectivity index (χ4v) is 4.00. The van der Waals surface area contributed by atoms with E-state index in [-0.39, 0.29) is 11.8 Å². The van der Waals surface area contributed by atoms with Gasteiger partial charge in [0.1, 0.15) is 0 Å². The molecule has 0 radical (unpaired) electrons. The number of pyridine rings is 1. The van der Waals surface area contributed by atoms with Crippen molar-refractivity contribution < 1.29 is 4.79 Å². The molecule has 1 amide bonds. The Labute approximate surface area is 167 Å². The zero-order valence-corrected chi connectivity index (χ0v) is 16.2. The minimum absolute atomic E-state index is 0.0481. The number of aromatic nitrogens is 6. The molecule has 0 saturated carbocycles. The third kappa shape index (κ3) is 3.14. The topological polar surface area (TPSA) is 92.9 Å². The first-order chi connectivity index (χ1) is 14.1. The number of hydrogen-bond donors (Lipinski definition) is 0. The van der Waals surface area contributed by atoms with E-state index in [2.05, 4.69) is 36.4 Å². The average Bonchev–Trinajstić information content (AvgIpc) is 3.43. The van der Waals surface area contributed by atoms with Gasteiger partial charge in [-0.2, -0.15) is 0 Å². The SMILES string of the molecule is Cc1cc(C)nc(N2C=C3CN(C(=O)c4cnccc4-n4ccnn4)CC3C2)n1. The van der Waals surface area contributed by atoms with Gasteiger partial charge in [-0.3, -0.25) is 9.78 Å². The Kier molecular flexibility index (Phi) is 4.08. The molecule has 9 heteroatoms. The Hall–Kier alpha value is -3.62. The van der Waals surface area contributed by atoms with Crippen LogP contribution < -0.4 is 4.90 Å². The number of carbonyl (C=O) groups excluding carboxylic acids is 1. The Balaban J connectivity index is 1.37. The number of aryl methyl sites for hydroxylation is 2. The molecular weight excluding hydrogens is 368 g/mol. The van der Waals surface area contributed by atoms with Crippen molar-refractivity contribution >= 4 is 11.9 Å². The van der Waals surface area contributed by atoms with E-state index in [0.29, 0.717) is 24.3 Å². The lowest BCUT2D eigenvalue weighted by molar-refractivity contribution is 0.0788. The lowest BCUT2D eigenvalue weighted by Crippen LogP contribution is -2.32. The first kappa shape index (κ1) is 17.5. The van der Waals surface area contributed by atoms with Gasteiger partial charge in [0.05, 0.1) is 23.6 Å². The van der Waals surface area contributed by atoms with Crippen molar-refractivity contribution in [3.8, 4) is 5.69 Å². The fourth-order valence-electron chi connectivity index (χ4n) is 4.00. The summed E-state index contributed by atoms with van der Waals surface area (Å²) in [6.07, 6.45) is 8.64. The van der Waals surface area contributed by atoms with Gasteiger partial charge in [0.15, 0.2) is 0 Å². The van der Waals surface area contributed by atoms with Gasteiger partial charge in [-0.25, -0.2) is 14.6 Å². The molecule has 0 aromatic carbocycles. The van der Waals surface area contributed by atoms with Gasteiger partial charge in [0, 0.05) is 55.5 Å². The lowest BCUT2D eigenvalue weighted by Gasteiger charge is -2.21. The minimum Gasteiger partial charge on any atom is -0.334 e. The molecule has 1 saturated heterocycles. The van der Waals surface area contributed by atoms with Crippen molar-refractivity contribution in [3.05, 3.63) is 65.6 Å². The molecule has 1 atom stereocenters. The summed E-state index contributed by atoms with van der Waals surface area (Å²) >= 11 is 0. The van der Waals surface area contributed by atoms with Crippen LogP contribution in [0.2, 0.25) is 0 Å². The Morgan fingerprint density at radius 2 is 1.97 bits per heavy atom. The highest BCUT2D eigenvalue weighted by Gasteiger charge is 2.37. The van der Waals surface area contributed by atoms with E-state index >= 15 is 0 Å². The number of carbonyl (C=O) groups is 1. The molecule has 9 nitrogen and oxygen atoms in total. The van der Waals surface area contributed by atoms with Crippen molar-refractivity contribution in [1.29, 1.82) is 0 Å². The van der Waals surface area contributed by atoms with Crippen LogP contribution in [0.3, 0.4) is 0 Å². The molecule has 5 rings (SSSR count). The molecule has 0 aliphatic carbocycles. The molecular formula is C20H20N8O. The third-order valence-electron chi connectivity index (χ3n) is 5.29. The summed E-state index contributed by atoms with van der Waals surface area (Å²) in [4.78, 5) is 30.4. The van der Waals surface area contributed by atoms with Gasteiger partial charge in [-0.05, 0) is 31.6 Å². The Morgan fingerprint density at radius 1 is 1.14 bits per heavy atom. The van der Waals surface area contributed by atoms with E-state index in [1.165, 1.54) is 5.57 Å². The summed E-state index contributed by atoms with van der Waals surface area (Å²) in [5, 5.41) is 7.84. The van der Waals surface area contributed by atoms with Crippen molar-refractivity contribution in [2.24, 2.45) is 5.92 Å². The predicted octanol–water partition coefficient (Wildman–Crippen LogP) is 1.55. The van der Waals surface area contributed by atoms with Crippen molar-refractivity contribution in [1.82, 2.24) is 34.8 Å². The highest BCUT2D eigenvalue weighted by molar-refractivity contribution is 5.97. The van der Waals surface area contributed by atoms with Crippen LogP contribution >= 0.6 is 0 Å². The van der Waals surface area contributed by atoms with Gasteiger partial charge in [0.2, 0.25) is 5.95 Å². The molecule has 0 bridgehead atoms. The Morgan fingerprint density at radius 3 is 2.69 bits per heavy atom. The predicted molar refractivity (Wildman–Crippen MR) is 105 cm³/mol. The zero-order chi connectivity index (χ0) is 20.0. The van der Waals surface area contributed by atoms with Crippen LogP contribution in [-0.2, 0) is 0 Å². The average molecular weight is 388 g/mol. The monoisotopic (exact) mass is 388 g/mol. The van der Waals surface area contributed by atoms with Crippen molar-refractivity contribution in [3.63, 3.8) is 0 Å². The molecule has 3 aromatic heterocycles. The van der Waals surface area contributed by atoms with E-state index in [0.717, 1.165) is 23.9 Å². The van der Waals surface area contributed by atoms with E-state index in [9.17, 15) is 4.79 Å². The number of hydrogen-bond acceptors (Lipinski definition) is 7. The molecule has 146 valence electrons. The molecule has 0 spiro atoms. The molecule has 5 heterocycles. The number of fused-ring (bicyclic) bond motifs is 1. The number of rotatable bonds is 3. The van der Waals surface area contributed by atoms with E-state index < -0.39 is 0 Å². The standard InChI is InChI=1S/C20H20N8O/c1-13-7-14(2)24-20(23-13)27-11-15-9-26(10-16(15)12-27)19(29)17-8-21-4-3-18(17)28-6-5-22-25-28/h3-8,11,16H,9-10,12H2,1-2H3. The summed E-state index contributed by atoms with van der Waals surface area (Å²) in [7, 11) is 0. The minimum atomic E-state index is -0.0481. The van der Waals surface area contributed by atoms with Crippen molar-refractivity contribution in [2.45, 2.75) is 13.8 Å². The summed E-state index contributed by atoms with van der Waals surface area (Å²) in [6, 6.07) is 3.74. The van der Waals surface area contributed by atoms with Gasteiger partial charge in [0.25, 0.3) is 5.91 Å². The molecule has 2 aliphatic heterocycles. The molecule has 3 aromatic rings. The maximum absolute atomic E-state index is 13.2. The summed E-state index contributed by atoms with van der Waals surface area (Å²) in [6.45, 7) is 5.99. The van der Waals surface area contributed by atoms with Crippen LogP contribution in [-0.4, -0.2) is 60.4 Å². The number of likely N-dealkylation sites (tertiary alicyclic amines) is 1. The third-order valence-corrected chi connectivity index (χ3v) is 5.29. The van der Waals surface area contributed by atoms with Crippen LogP contribution in [0, 0.1) is 19.8 Å². The Bertz CT molecular complexity index is 1090. The molecule has 1 fully saturated rings. The highest BCUT2D eigenvalue weighted by Crippen LogP contribution is 2.32.